The Morgan fingerprint density at radius 1 is 1.29 bits per heavy atom. The van der Waals surface area contributed by atoms with Crippen LogP contribution in [0.3, 0.4) is 0 Å². The predicted molar refractivity (Wildman–Crippen MR) is 64.8 cm³/mol. The largest absolute Gasteiger partial charge is 0.496 e. The molecule has 2 N–H and O–H groups in total. The van der Waals surface area contributed by atoms with Gasteiger partial charge >= 0.3 is 0 Å². The standard InChI is InChI=1S/C13H19F2NO/c1-8-5-10(7-13(3,16)12(14)15)11(17-4)6-9(8)2/h5-6,12H,7,16H2,1-4H3. The molecule has 0 aliphatic heterocycles. The van der Waals surface area contributed by atoms with Gasteiger partial charge in [0.05, 0.1) is 12.6 Å². The van der Waals surface area contributed by atoms with Crippen LogP contribution in [0.1, 0.15) is 23.6 Å². The molecule has 0 amide bonds. The van der Waals surface area contributed by atoms with E-state index in [9.17, 15) is 8.78 Å². The average molecular weight is 243 g/mol. The summed E-state index contributed by atoms with van der Waals surface area (Å²) >= 11 is 0. The smallest absolute Gasteiger partial charge is 0.256 e. The summed E-state index contributed by atoms with van der Waals surface area (Å²) in [6.07, 6.45) is -2.47. The molecule has 0 fully saturated rings. The Hall–Kier alpha value is -1.16. The fourth-order valence-corrected chi connectivity index (χ4v) is 1.67. The molecule has 96 valence electrons. The molecule has 17 heavy (non-hydrogen) atoms. The number of aryl methyl sites for hydroxylation is 2. The molecule has 0 spiro atoms. The third-order valence-corrected chi connectivity index (χ3v) is 2.97. The maximum atomic E-state index is 12.7. The summed E-state index contributed by atoms with van der Waals surface area (Å²) in [4.78, 5) is 0. The van der Waals surface area contributed by atoms with Crippen molar-refractivity contribution >= 4 is 0 Å². The normalized spacial score (nSPS) is 14.8. The summed E-state index contributed by atoms with van der Waals surface area (Å²) in [5.41, 5.74) is 6.91. The molecule has 1 aromatic rings. The topological polar surface area (TPSA) is 35.2 Å². The minimum absolute atomic E-state index is 0.0922. The lowest BCUT2D eigenvalue weighted by Gasteiger charge is -2.25. The van der Waals surface area contributed by atoms with Crippen molar-refractivity contribution in [3.8, 4) is 5.75 Å². The Morgan fingerprint density at radius 2 is 1.82 bits per heavy atom. The first-order valence-corrected chi connectivity index (χ1v) is 5.49. The summed E-state index contributed by atoms with van der Waals surface area (Å²) in [6, 6.07) is 3.72. The fraction of sp³-hybridized carbons (Fsp3) is 0.538. The van der Waals surface area contributed by atoms with Crippen molar-refractivity contribution in [2.75, 3.05) is 7.11 Å². The van der Waals surface area contributed by atoms with Crippen molar-refractivity contribution in [3.05, 3.63) is 28.8 Å². The summed E-state index contributed by atoms with van der Waals surface area (Å²) in [6.45, 7) is 5.25. The van der Waals surface area contributed by atoms with E-state index in [0.717, 1.165) is 16.7 Å². The molecule has 1 atom stereocenters. The molecule has 0 aromatic heterocycles. The molecule has 0 aliphatic carbocycles. The van der Waals surface area contributed by atoms with E-state index in [2.05, 4.69) is 0 Å². The number of methoxy groups -OCH3 is 1. The number of ether oxygens (including phenoxy) is 1. The number of rotatable bonds is 4. The molecule has 4 heteroatoms. The van der Waals surface area contributed by atoms with Gasteiger partial charge in [-0.15, -0.1) is 0 Å². The number of nitrogens with two attached hydrogens (primary N) is 1. The third-order valence-electron chi connectivity index (χ3n) is 2.97. The summed E-state index contributed by atoms with van der Waals surface area (Å²) in [5.74, 6) is 0.616. The highest BCUT2D eigenvalue weighted by molar-refractivity contribution is 5.42. The summed E-state index contributed by atoms with van der Waals surface area (Å²) < 4.78 is 30.7. The van der Waals surface area contributed by atoms with Gasteiger partial charge < -0.3 is 10.5 Å². The van der Waals surface area contributed by atoms with E-state index in [1.165, 1.54) is 14.0 Å². The monoisotopic (exact) mass is 243 g/mol. The first kappa shape index (κ1) is 13.9. The van der Waals surface area contributed by atoms with Crippen LogP contribution in [0.25, 0.3) is 0 Å². The molecule has 0 saturated heterocycles. The number of alkyl halides is 2. The van der Waals surface area contributed by atoms with Crippen LogP contribution in [0.5, 0.6) is 5.75 Å². The first-order chi connectivity index (χ1) is 7.77. The predicted octanol–water partition coefficient (Wildman–Crippen LogP) is 2.84. The van der Waals surface area contributed by atoms with Crippen molar-refractivity contribution in [1.29, 1.82) is 0 Å². The second kappa shape index (κ2) is 5.00. The summed E-state index contributed by atoms with van der Waals surface area (Å²) in [5, 5.41) is 0. The van der Waals surface area contributed by atoms with E-state index in [1.807, 2.05) is 26.0 Å². The van der Waals surface area contributed by atoms with Gasteiger partial charge in [-0.1, -0.05) is 6.07 Å². The van der Waals surface area contributed by atoms with Crippen LogP contribution in [0.15, 0.2) is 12.1 Å². The van der Waals surface area contributed by atoms with Crippen LogP contribution >= 0.6 is 0 Å². The maximum Gasteiger partial charge on any atom is 0.256 e. The van der Waals surface area contributed by atoms with Gasteiger partial charge in [0.25, 0.3) is 6.43 Å². The quantitative estimate of drug-likeness (QED) is 0.882. The van der Waals surface area contributed by atoms with Crippen LogP contribution in [-0.2, 0) is 6.42 Å². The Morgan fingerprint density at radius 3 is 2.29 bits per heavy atom. The van der Waals surface area contributed by atoms with Gasteiger partial charge in [0.15, 0.2) is 0 Å². The van der Waals surface area contributed by atoms with Gasteiger partial charge in [-0.3, -0.25) is 0 Å². The van der Waals surface area contributed by atoms with Crippen LogP contribution < -0.4 is 10.5 Å². The lowest BCUT2D eigenvalue weighted by molar-refractivity contribution is 0.0636. The van der Waals surface area contributed by atoms with Gasteiger partial charge in [-0.25, -0.2) is 8.78 Å². The second-order valence-corrected chi connectivity index (χ2v) is 4.73. The molecule has 1 aromatic carbocycles. The zero-order valence-corrected chi connectivity index (χ0v) is 10.7. The molecule has 1 unspecified atom stereocenters. The van der Waals surface area contributed by atoms with Gasteiger partial charge in [-0.2, -0.15) is 0 Å². The molecule has 0 bridgehead atoms. The Labute approximate surface area is 101 Å². The lowest BCUT2D eigenvalue weighted by Crippen LogP contribution is -2.45. The van der Waals surface area contributed by atoms with E-state index in [1.54, 1.807) is 0 Å². The SMILES string of the molecule is COc1cc(C)c(C)cc1CC(C)(N)C(F)F. The van der Waals surface area contributed by atoms with Crippen LogP contribution in [0.2, 0.25) is 0 Å². The number of halogens is 2. The molecular formula is C13H19F2NO. The van der Waals surface area contributed by atoms with Crippen molar-refractivity contribution in [3.63, 3.8) is 0 Å². The second-order valence-electron chi connectivity index (χ2n) is 4.73. The number of hydrogen-bond acceptors (Lipinski definition) is 2. The van der Waals surface area contributed by atoms with Gasteiger partial charge in [-0.05, 0) is 49.9 Å². The van der Waals surface area contributed by atoms with Crippen molar-refractivity contribution in [2.24, 2.45) is 5.73 Å². The zero-order valence-electron chi connectivity index (χ0n) is 10.7. The molecule has 0 heterocycles. The van der Waals surface area contributed by atoms with Crippen LogP contribution in [0, 0.1) is 13.8 Å². The number of hydrogen-bond donors (Lipinski definition) is 1. The van der Waals surface area contributed by atoms with E-state index >= 15 is 0 Å². The third kappa shape index (κ3) is 3.16. The Kier molecular flexibility index (Phi) is 4.09. The molecule has 0 saturated carbocycles. The zero-order chi connectivity index (χ0) is 13.2. The van der Waals surface area contributed by atoms with Crippen molar-refractivity contribution in [1.82, 2.24) is 0 Å². The minimum Gasteiger partial charge on any atom is -0.496 e. The van der Waals surface area contributed by atoms with Crippen molar-refractivity contribution < 1.29 is 13.5 Å². The fourth-order valence-electron chi connectivity index (χ4n) is 1.67. The lowest BCUT2D eigenvalue weighted by atomic mass is 9.92. The first-order valence-electron chi connectivity index (χ1n) is 5.49. The van der Waals surface area contributed by atoms with Crippen LogP contribution in [-0.4, -0.2) is 19.1 Å². The van der Waals surface area contributed by atoms with E-state index in [4.69, 9.17) is 10.5 Å². The maximum absolute atomic E-state index is 12.7. The summed E-state index contributed by atoms with van der Waals surface area (Å²) in [7, 11) is 1.53. The van der Waals surface area contributed by atoms with Gasteiger partial charge in [0.1, 0.15) is 5.75 Å². The number of benzene rings is 1. The van der Waals surface area contributed by atoms with E-state index in [0.29, 0.717) is 5.75 Å². The highest BCUT2D eigenvalue weighted by Gasteiger charge is 2.31. The molecular weight excluding hydrogens is 224 g/mol. The molecule has 0 aliphatic rings. The van der Waals surface area contributed by atoms with Crippen molar-refractivity contribution in [2.45, 2.75) is 39.2 Å². The van der Waals surface area contributed by atoms with E-state index < -0.39 is 12.0 Å². The Bertz CT molecular complexity index is 403. The van der Waals surface area contributed by atoms with Gasteiger partial charge in [0, 0.05) is 0 Å². The van der Waals surface area contributed by atoms with E-state index in [-0.39, 0.29) is 6.42 Å². The van der Waals surface area contributed by atoms with Gasteiger partial charge in [0.2, 0.25) is 0 Å². The highest BCUT2D eigenvalue weighted by Crippen LogP contribution is 2.28. The molecule has 2 nitrogen and oxygen atoms in total. The minimum atomic E-state index is -2.56. The molecule has 0 radical (unpaired) electrons. The van der Waals surface area contributed by atoms with Crippen LogP contribution in [0.4, 0.5) is 8.78 Å². The average Bonchev–Trinajstić information content (AvgIpc) is 2.22. The Balaban J connectivity index is 3.10. The molecule has 1 rings (SSSR count). The highest BCUT2D eigenvalue weighted by atomic mass is 19.3.